The van der Waals surface area contributed by atoms with E-state index in [-0.39, 0.29) is 53.4 Å². The number of likely N-dealkylation sites (tertiary alicyclic amines) is 2. The zero-order valence-corrected chi connectivity index (χ0v) is 35.0. The minimum Gasteiger partial charge on any atom is -0.453 e. The van der Waals surface area contributed by atoms with E-state index in [4.69, 9.17) is 19.4 Å². The fourth-order valence-electron chi connectivity index (χ4n) is 9.82. The van der Waals surface area contributed by atoms with E-state index in [0.29, 0.717) is 24.7 Å². The second-order valence-electron chi connectivity index (χ2n) is 17.1. The molecule has 2 unspecified atom stereocenters. The molecule has 4 aromatic rings. The molecule has 2 saturated heterocycles. The zero-order chi connectivity index (χ0) is 42.4. The van der Waals surface area contributed by atoms with Crippen molar-refractivity contribution in [1.29, 1.82) is 0 Å². The van der Waals surface area contributed by atoms with Crippen LogP contribution in [0.4, 0.5) is 9.59 Å². The number of H-pyrrole nitrogens is 2. The van der Waals surface area contributed by atoms with Crippen molar-refractivity contribution >= 4 is 29.8 Å². The summed E-state index contributed by atoms with van der Waals surface area (Å²) in [5.41, 5.74) is 7.73. The van der Waals surface area contributed by atoms with Crippen LogP contribution < -0.4 is 10.6 Å². The van der Waals surface area contributed by atoms with Gasteiger partial charge >= 0.3 is 12.2 Å². The average molecular weight is 819 g/mol. The first-order valence-corrected chi connectivity index (χ1v) is 21.1. The first-order chi connectivity index (χ1) is 28.9. The molecule has 2 bridgehead atoms. The molecule has 4 aliphatic rings. The molecule has 316 valence electrons. The molecule has 2 aliphatic carbocycles. The number of amides is 4. The Hall–Kier alpha value is -5.99. The van der Waals surface area contributed by atoms with Gasteiger partial charge in [-0.3, -0.25) is 14.4 Å². The molecule has 8 rings (SSSR count). The van der Waals surface area contributed by atoms with Crippen molar-refractivity contribution < 1.29 is 33.4 Å². The Labute approximate surface area is 349 Å². The van der Waals surface area contributed by atoms with Gasteiger partial charge in [-0.1, -0.05) is 64.1 Å². The molecule has 4 heterocycles. The zero-order valence-electron chi connectivity index (χ0n) is 35.0. The van der Waals surface area contributed by atoms with Crippen LogP contribution in [0, 0.1) is 11.8 Å². The Bertz CT molecular complexity index is 2300. The van der Waals surface area contributed by atoms with Gasteiger partial charge in [0, 0.05) is 30.5 Å². The van der Waals surface area contributed by atoms with Crippen LogP contribution in [0.2, 0.25) is 0 Å². The number of imidazole rings is 2. The Morgan fingerprint density at radius 3 is 1.60 bits per heavy atom. The molecular weight excluding hydrogens is 765 g/mol. The van der Waals surface area contributed by atoms with E-state index >= 15 is 0 Å². The number of fused-ring (bicyclic) bond motifs is 5. The normalized spacial score (nSPS) is 21.7. The van der Waals surface area contributed by atoms with Crippen LogP contribution in [0.15, 0.2) is 48.8 Å². The van der Waals surface area contributed by atoms with Gasteiger partial charge in [0.15, 0.2) is 0 Å². The van der Waals surface area contributed by atoms with Crippen molar-refractivity contribution in [2.24, 2.45) is 11.8 Å². The second-order valence-corrected chi connectivity index (χ2v) is 17.1. The number of rotatable bonds is 11. The number of aromatic nitrogens is 4. The highest BCUT2D eigenvalue weighted by molar-refractivity contribution is 6.03. The number of benzene rings is 2. The number of alkyl carbamates (subject to hydrolysis) is 2. The molecular formula is C45H54N8O7. The number of methoxy groups -OCH3 is 2. The summed E-state index contributed by atoms with van der Waals surface area (Å²) in [6.45, 7) is 8.72. The summed E-state index contributed by atoms with van der Waals surface area (Å²) in [5, 5.41) is 5.41. The Balaban J connectivity index is 1.03. The number of hydrogen-bond donors (Lipinski definition) is 4. The average Bonchev–Trinajstić information content (AvgIpc) is 4.12. The predicted octanol–water partition coefficient (Wildman–Crippen LogP) is 6.77. The predicted molar refractivity (Wildman–Crippen MR) is 222 cm³/mol. The summed E-state index contributed by atoms with van der Waals surface area (Å²) in [5.74, 6) is 0.738. The third kappa shape index (κ3) is 7.32. The van der Waals surface area contributed by atoms with Crippen molar-refractivity contribution in [3.8, 4) is 33.6 Å². The number of hydrogen-bond acceptors (Lipinski definition) is 9. The maximum Gasteiger partial charge on any atom is 0.407 e. The summed E-state index contributed by atoms with van der Waals surface area (Å²) in [4.78, 5) is 85.3. The standard InChI is InChI=1S/C45H54N8O7/c1-23(2)37(50-44(57)59-5)42(55)52-19-7-9-33(52)40-46-21-31(48-40)26-13-11-25(12-14-26)27-15-16-28(36-30-18-17-29(35(27)36)39(30)54)32-22-47-41(49-32)34-10-8-20-53(34)43(56)38(24(3)4)51-45(58)60-6/h11-16,21-24,29-30,33-34,37-38H,7-10,17-20H2,1-6H3,(H,46,48)(H,47,49)(H,50,57)(H,51,58)/t29?,30?,33-,34-,37-,38-/m0/s1. The molecule has 0 spiro atoms. The van der Waals surface area contributed by atoms with Crippen LogP contribution >= 0.6 is 0 Å². The van der Waals surface area contributed by atoms with Crippen LogP contribution in [0.25, 0.3) is 33.6 Å². The van der Waals surface area contributed by atoms with Gasteiger partial charge in [-0.25, -0.2) is 19.6 Å². The van der Waals surface area contributed by atoms with Gasteiger partial charge < -0.3 is 39.9 Å². The van der Waals surface area contributed by atoms with E-state index in [1.165, 1.54) is 14.2 Å². The van der Waals surface area contributed by atoms with Crippen LogP contribution in [0.3, 0.4) is 0 Å². The number of ketones is 1. The fraction of sp³-hybridized carbons (Fsp3) is 0.489. The summed E-state index contributed by atoms with van der Waals surface area (Å²) < 4.78 is 9.57. The van der Waals surface area contributed by atoms with Crippen LogP contribution in [0.5, 0.6) is 0 Å². The molecule has 60 heavy (non-hydrogen) atoms. The minimum atomic E-state index is -0.724. The fourth-order valence-corrected chi connectivity index (χ4v) is 9.82. The molecule has 1 saturated carbocycles. The first-order valence-electron chi connectivity index (χ1n) is 21.1. The third-order valence-electron chi connectivity index (χ3n) is 12.9. The lowest BCUT2D eigenvalue weighted by Crippen LogP contribution is -2.51. The van der Waals surface area contributed by atoms with Gasteiger partial charge in [0.25, 0.3) is 0 Å². The molecule has 15 heteroatoms. The number of Topliss-reactive ketones (excluding diaryl/α,β-unsaturated/α-hetero) is 1. The SMILES string of the molecule is COC(=O)N[C@H](C(=O)N1CCC[C@H]1c1ncc(-c2ccc(-c3ccc(-c4cnc([C@@H]5CCCN5C(=O)[C@@H](NC(=O)OC)C(C)C)[nH]4)c4c3C3CCC4C3=O)cc2)[nH]1)C(C)C. The molecule has 2 aliphatic heterocycles. The van der Waals surface area contributed by atoms with Gasteiger partial charge in [0.05, 0.1) is 50.1 Å². The number of carbonyl (C=O) groups is 5. The summed E-state index contributed by atoms with van der Waals surface area (Å²) in [6.07, 6.45) is 7.11. The highest BCUT2D eigenvalue weighted by Crippen LogP contribution is 2.56. The van der Waals surface area contributed by atoms with Gasteiger partial charge in [0.1, 0.15) is 29.5 Å². The lowest BCUT2D eigenvalue weighted by atomic mass is 9.82. The van der Waals surface area contributed by atoms with E-state index in [2.05, 4.69) is 57.0 Å². The topological polar surface area (TPSA) is 192 Å². The number of carbonyl (C=O) groups excluding carboxylic acids is 5. The molecule has 15 nitrogen and oxygen atoms in total. The third-order valence-corrected chi connectivity index (χ3v) is 12.9. The number of ether oxygens (including phenoxy) is 2. The molecule has 3 fully saturated rings. The van der Waals surface area contributed by atoms with Crippen LogP contribution in [-0.2, 0) is 23.9 Å². The molecule has 6 atom stereocenters. The highest BCUT2D eigenvalue weighted by atomic mass is 16.5. The minimum absolute atomic E-state index is 0.123. The number of nitrogens with one attached hydrogen (secondary N) is 4. The van der Waals surface area contributed by atoms with E-state index in [0.717, 1.165) is 83.3 Å². The maximum absolute atomic E-state index is 13.8. The molecule has 4 N–H and O–H groups in total. The van der Waals surface area contributed by atoms with Crippen molar-refractivity contribution in [1.82, 2.24) is 40.4 Å². The van der Waals surface area contributed by atoms with Crippen LogP contribution in [-0.4, -0.2) is 98.9 Å². The van der Waals surface area contributed by atoms with Gasteiger partial charge in [0.2, 0.25) is 11.8 Å². The Morgan fingerprint density at radius 2 is 1.10 bits per heavy atom. The van der Waals surface area contributed by atoms with Crippen molar-refractivity contribution in [2.75, 3.05) is 27.3 Å². The van der Waals surface area contributed by atoms with E-state index in [9.17, 15) is 24.0 Å². The summed E-state index contributed by atoms with van der Waals surface area (Å²) in [6, 6.07) is 10.5. The first kappa shape index (κ1) is 40.8. The lowest BCUT2D eigenvalue weighted by molar-refractivity contribution is -0.136. The van der Waals surface area contributed by atoms with Crippen molar-refractivity contribution in [2.45, 2.75) is 102 Å². The van der Waals surface area contributed by atoms with Crippen molar-refractivity contribution in [3.05, 3.63) is 71.6 Å². The van der Waals surface area contributed by atoms with Gasteiger partial charge in [-0.15, -0.1) is 0 Å². The smallest absolute Gasteiger partial charge is 0.407 e. The Morgan fingerprint density at radius 1 is 0.650 bits per heavy atom. The molecule has 4 amide bonds. The molecule has 2 aromatic heterocycles. The monoisotopic (exact) mass is 818 g/mol. The summed E-state index contributed by atoms with van der Waals surface area (Å²) >= 11 is 0. The largest absolute Gasteiger partial charge is 0.453 e. The van der Waals surface area contributed by atoms with E-state index in [1.807, 2.05) is 33.9 Å². The second kappa shape index (κ2) is 16.6. The quantitative estimate of drug-likeness (QED) is 0.127. The van der Waals surface area contributed by atoms with Crippen molar-refractivity contribution in [3.63, 3.8) is 0 Å². The molecule has 0 radical (unpaired) electrons. The maximum atomic E-state index is 13.8. The van der Waals surface area contributed by atoms with E-state index < -0.39 is 24.3 Å². The Kier molecular flexibility index (Phi) is 11.3. The van der Waals surface area contributed by atoms with Gasteiger partial charge in [-0.05, 0) is 78.2 Å². The number of nitrogens with zero attached hydrogens (tertiary/aromatic N) is 4. The lowest BCUT2D eigenvalue weighted by Gasteiger charge is -2.30. The summed E-state index contributed by atoms with van der Waals surface area (Å²) in [7, 11) is 2.57. The highest BCUT2D eigenvalue weighted by Gasteiger charge is 2.48. The molecule has 2 aromatic carbocycles. The number of aromatic amines is 2. The van der Waals surface area contributed by atoms with E-state index in [1.54, 1.807) is 16.0 Å². The van der Waals surface area contributed by atoms with Gasteiger partial charge in [-0.2, -0.15) is 0 Å². The van der Waals surface area contributed by atoms with Crippen LogP contribution in [0.1, 0.15) is 113 Å².